The van der Waals surface area contributed by atoms with Gasteiger partial charge in [-0.1, -0.05) is 11.6 Å². The molecule has 0 saturated carbocycles. The molecule has 1 unspecified atom stereocenters. The van der Waals surface area contributed by atoms with Crippen LogP contribution < -0.4 is 0 Å². The molecule has 1 aromatic rings. The van der Waals surface area contributed by atoms with E-state index in [1.165, 1.54) is 0 Å². The second kappa shape index (κ2) is 4.37. The van der Waals surface area contributed by atoms with E-state index in [-0.39, 0.29) is 0 Å². The third-order valence-electron chi connectivity index (χ3n) is 2.60. The van der Waals surface area contributed by atoms with Gasteiger partial charge >= 0.3 is 0 Å². The number of nitrogens with zero attached hydrogens (tertiary/aromatic N) is 1. The number of hydrogen-bond donors (Lipinski definition) is 0. The summed E-state index contributed by atoms with van der Waals surface area (Å²) >= 11 is 9.30. The molecule has 1 atom stereocenters. The fourth-order valence-corrected chi connectivity index (χ4v) is 2.49. The van der Waals surface area contributed by atoms with Gasteiger partial charge in [0.1, 0.15) is 10.2 Å². The number of rotatable bonds is 2. The van der Waals surface area contributed by atoms with E-state index < -0.39 is 5.60 Å². The molecule has 3 nitrogen and oxygen atoms in total. The van der Waals surface area contributed by atoms with Crippen molar-refractivity contribution < 1.29 is 9.47 Å². The van der Waals surface area contributed by atoms with Crippen molar-refractivity contribution in [1.29, 1.82) is 0 Å². The minimum atomic E-state index is -0.437. The first-order chi connectivity index (χ1) is 7.16. The Kier molecular flexibility index (Phi) is 3.30. The lowest BCUT2D eigenvalue weighted by Gasteiger charge is -2.25. The van der Waals surface area contributed by atoms with Gasteiger partial charge in [0.2, 0.25) is 0 Å². The van der Waals surface area contributed by atoms with Gasteiger partial charge in [-0.15, -0.1) is 0 Å². The summed E-state index contributed by atoms with van der Waals surface area (Å²) in [6.45, 7) is 1.23. The highest BCUT2D eigenvalue weighted by Gasteiger charge is 2.38. The number of ether oxygens (including phenoxy) is 2. The molecule has 1 aromatic heterocycles. The molecule has 0 spiro atoms. The topological polar surface area (TPSA) is 31.4 Å². The lowest BCUT2D eigenvalue weighted by atomic mass is 9.98. The second-order valence-corrected chi connectivity index (χ2v) is 4.74. The summed E-state index contributed by atoms with van der Waals surface area (Å²) in [4.78, 5) is 4.39. The van der Waals surface area contributed by atoms with Crippen LogP contribution in [0.25, 0.3) is 0 Å². The van der Waals surface area contributed by atoms with E-state index in [1.54, 1.807) is 13.2 Å². The van der Waals surface area contributed by atoms with Crippen LogP contribution in [0.4, 0.5) is 0 Å². The van der Waals surface area contributed by atoms with Crippen molar-refractivity contribution in [2.24, 2.45) is 0 Å². The molecule has 0 bridgehead atoms. The van der Waals surface area contributed by atoms with E-state index in [4.69, 9.17) is 21.1 Å². The van der Waals surface area contributed by atoms with Crippen LogP contribution >= 0.6 is 27.5 Å². The smallest absolute Gasteiger partial charge is 0.135 e. The number of pyridine rings is 1. The first-order valence-electron chi connectivity index (χ1n) is 4.63. The molecule has 5 heteroatoms. The highest BCUT2D eigenvalue weighted by molar-refractivity contribution is 9.10. The van der Waals surface area contributed by atoms with Crippen LogP contribution in [0.3, 0.4) is 0 Å². The molecular formula is C10H11BrClNO2. The Morgan fingerprint density at radius 3 is 2.93 bits per heavy atom. The summed E-state index contributed by atoms with van der Waals surface area (Å²) < 4.78 is 11.6. The zero-order chi connectivity index (χ0) is 10.9. The van der Waals surface area contributed by atoms with Crippen LogP contribution in [0.5, 0.6) is 0 Å². The van der Waals surface area contributed by atoms with E-state index in [0.29, 0.717) is 22.8 Å². The summed E-state index contributed by atoms with van der Waals surface area (Å²) in [5, 5.41) is 0.648. The molecule has 0 aliphatic carbocycles. The van der Waals surface area contributed by atoms with E-state index in [9.17, 15) is 0 Å². The summed E-state index contributed by atoms with van der Waals surface area (Å²) in [7, 11) is 1.67. The van der Waals surface area contributed by atoms with E-state index in [1.807, 2.05) is 6.07 Å². The number of halogens is 2. The maximum absolute atomic E-state index is 5.98. The van der Waals surface area contributed by atoms with Crippen molar-refractivity contribution in [2.75, 3.05) is 20.3 Å². The van der Waals surface area contributed by atoms with Crippen molar-refractivity contribution in [3.8, 4) is 0 Å². The molecular weight excluding hydrogens is 281 g/mol. The monoisotopic (exact) mass is 291 g/mol. The maximum Gasteiger partial charge on any atom is 0.135 e. The van der Waals surface area contributed by atoms with Gasteiger partial charge in [0.05, 0.1) is 12.3 Å². The zero-order valence-electron chi connectivity index (χ0n) is 8.30. The van der Waals surface area contributed by atoms with Gasteiger partial charge in [-0.2, -0.15) is 0 Å². The average molecular weight is 293 g/mol. The molecule has 15 heavy (non-hydrogen) atoms. The summed E-state index contributed by atoms with van der Waals surface area (Å²) in [6, 6.07) is 3.58. The number of methoxy groups -OCH3 is 1. The van der Waals surface area contributed by atoms with Crippen molar-refractivity contribution in [3.05, 3.63) is 27.5 Å². The van der Waals surface area contributed by atoms with Crippen molar-refractivity contribution in [1.82, 2.24) is 4.98 Å². The van der Waals surface area contributed by atoms with Gasteiger partial charge < -0.3 is 9.47 Å². The van der Waals surface area contributed by atoms with Crippen LogP contribution in [0.2, 0.25) is 5.02 Å². The summed E-state index contributed by atoms with van der Waals surface area (Å²) in [5.41, 5.74) is 0.384. The Balaban J connectivity index is 2.42. The highest BCUT2D eigenvalue weighted by atomic mass is 79.9. The molecule has 0 amide bonds. The quantitative estimate of drug-likeness (QED) is 0.786. The normalized spacial score (nSPS) is 25.8. The lowest BCUT2D eigenvalue weighted by molar-refractivity contribution is -0.0247. The van der Waals surface area contributed by atoms with Crippen LogP contribution in [-0.2, 0) is 15.1 Å². The first kappa shape index (κ1) is 11.3. The Hall–Kier alpha value is -0.160. The zero-order valence-corrected chi connectivity index (χ0v) is 10.6. The minimum Gasteiger partial charge on any atom is -0.378 e. The predicted octanol–water partition coefficient (Wildman–Crippen LogP) is 2.76. The molecule has 1 saturated heterocycles. The molecule has 0 radical (unpaired) electrons. The Bertz CT molecular complexity index is 346. The van der Waals surface area contributed by atoms with Crippen LogP contribution in [0, 0.1) is 0 Å². The van der Waals surface area contributed by atoms with Gasteiger partial charge in [-0.3, -0.25) is 0 Å². The average Bonchev–Trinajstić information content (AvgIpc) is 2.65. The van der Waals surface area contributed by atoms with Crippen LogP contribution in [0.15, 0.2) is 16.7 Å². The fourth-order valence-electron chi connectivity index (χ4n) is 1.71. The molecule has 1 aliphatic rings. The third-order valence-corrected chi connectivity index (χ3v) is 3.23. The van der Waals surface area contributed by atoms with Crippen molar-refractivity contribution >= 4 is 27.5 Å². The number of hydrogen-bond acceptors (Lipinski definition) is 3. The molecule has 0 aromatic carbocycles. The van der Waals surface area contributed by atoms with Crippen LogP contribution in [-0.4, -0.2) is 25.3 Å². The Morgan fingerprint density at radius 1 is 1.60 bits per heavy atom. The third kappa shape index (κ3) is 2.18. The first-order valence-corrected chi connectivity index (χ1v) is 5.80. The van der Waals surface area contributed by atoms with E-state index >= 15 is 0 Å². The minimum absolute atomic E-state index is 0.437. The highest BCUT2D eigenvalue weighted by Crippen LogP contribution is 2.34. The van der Waals surface area contributed by atoms with Gasteiger partial charge in [0.25, 0.3) is 0 Å². The Morgan fingerprint density at radius 2 is 2.40 bits per heavy atom. The molecule has 82 valence electrons. The van der Waals surface area contributed by atoms with Crippen molar-refractivity contribution in [2.45, 2.75) is 12.0 Å². The predicted molar refractivity (Wildman–Crippen MR) is 61.1 cm³/mol. The van der Waals surface area contributed by atoms with Crippen molar-refractivity contribution in [3.63, 3.8) is 0 Å². The molecule has 2 rings (SSSR count). The van der Waals surface area contributed by atoms with E-state index in [0.717, 1.165) is 12.1 Å². The standard InChI is InChI=1S/C10H11BrClNO2/c1-14-10(2-3-15-6-10)8-4-7(12)5-9(11)13-8/h4-5H,2-3,6H2,1H3. The summed E-state index contributed by atoms with van der Waals surface area (Å²) in [6.07, 6.45) is 0.809. The summed E-state index contributed by atoms with van der Waals surface area (Å²) in [5.74, 6) is 0. The van der Waals surface area contributed by atoms with Crippen LogP contribution in [0.1, 0.15) is 12.1 Å². The molecule has 1 fully saturated rings. The lowest BCUT2D eigenvalue weighted by Crippen LogP contribution is -2.30. The molecule has 2 heterocycles. The van der Waals surface area contributed by atoms with Gasteiger partial charge in [-0.25, -0.2) is 4.98 Å². The Labute approximate surface area is 102 Å². The second-order valence-electron chi connectivity index (χ2n) is 3.49. The largest absolute Gasteiger partial charge is 0.378 e. The number of aromatic nitrogens is 1. The van der Waals surface area contributed by atoms with E-state index in [2.05, 4.69) is 20.9 Å². The van der Waals surface area contributed by atoms with Gasteiger partial charge in [0, 0.05) is 25.2 Å². The molecule has 0 N–H and O–H groups in total. The fraction of sp³-hybridized carbons (Fsp3) is 0.500. The SMILES string of the molecule is COC1(c2cc(Cl)cc(Br)n2)CCOC1. The maximum atomic E-state index is 5.98. The van der Waals surface area contributed by atoms with Gasteiger partial charge in [-0.05, 0) is 28.1 Å². The molecule has 1 aliphatic heterocycles. The van der Waals surface area contributed by atoms with Gasteiger partial charge in [0.15, 0.2) is 0 Å².